The maximum atomic E-state index is 11.6. The summed E-state index contributed by atoms with van der Waals surface area (Å²) in [6.45, 7) is 0.290. The van der Waals surface area contributed by atoms with Crippen molar-refractivity contribution in [3.8, 4) is 11.5 Å². The molecular weight excluding hydrogens is 262 g/mol. The number of carbonyl (C=O) groups excluding carboxylic acids is 1. The van der Waals surface area contributed by atoms with Gasteiger partial charge < -0.3 is 15.6 Å². The van der Waals surface area contributed by atoms with E-state index < -0.39 is 0 Å². The van der Waals surface area contributed by atoms with Crippen molar-refractivity contribution in [1.29, 1.82) is 0 Å². The van der Waals surface area contributed by atoms with Gasteiger partial charge in [0, 0.05) is 12.0 Å². The molecule has 1 aromatic rings. The number of carbonyl (C=O) groups is 1. The molecule has 0 aromatic heterocycles. The number of benzene rings is 1. The minimum Gasteiger partial charge on any atom is -0.503 e. The van der Waals surface area contributed by atoms with E-state index in [-0.39, 0.29) is 24.5 Å². The quantitative estimate of drug-likeness (QED) is 0.819. The van der Waals surface area contributed by atoms with Gasteiger partial charge in [-0.3, -0.25) is 4.79 Å². The highest BCUT2D eigenvalue weighted by Gasteiger charge is 2.15. The molecule has 1 rings (SSSR count). The molecule has 0 aliphatic rings. The molecule has 5 heteroatoms. The van der Waals surface area contributed by atoms with Crippen molar-refractivity contribution in [1.82, 2.24) is 0 Å². The third-order valence-electron chi connectivity index (χ3n) is 1.97. The van der Waals surface area contributed by atoms with Gasteiger partial charge in [0.2, 0.25) is 0 Å². The Morgan fingerprint density at radius 3 is 2.80 bits per heavy atom. The molecule has 0 heterocycles. The summed E-state index contributed by atoms with van der Waals surface area (Å²) in [5.41, 5.74) is 5.70. The van der Waals surface area contributed by atoms with Crippen LogP contribution in [0.4, 0.5) is 0 Å². The SMILES string of the molecule is COc1ccc(C(=O)CCN)c(Br)c1O. The van der Waals surface area contributed by atoms with Gasteiger partial charge in [-0.25, -0.2) is 0 Å². The van der Waals surface area contributed by atoms with Crippen LogP contribution in [0.15, 0.2) is 16.6 Å². The molecule has 0 bridgehead atoms. The fraction of sp³-hybridized carbons (Fsp3) is 0.300. The average Bonchev–Trinajstić information content (AvgIpc) is 2.22. The second-order valence-electron chi connectivity index (χ2n) is 2.94. The van der Waals surface area contributed by atoms with Crippen molar-refractivity contribution >= 4 is 21.7 Å². The van der Waals surface area contributed by atoms with Gasteiger partial charge in [0.1, 0.15) is 0 Å². The van der Waals surface area contributed by atoms with Crippen molar-refractivity contribution in [2.45, 2.75) is 6.42 Å². The number of ether oxygens (including phenoxy) is 1. The van der Waals surface area contributed by atoms with Crippen LogP contribution in [-0.2, 0) is 0 Å². The van der Waals surface area contributed by atoms with Gasteiger partial charge in [0.15, 0.2) is 17.3 Å². The highest BCUT2D eigenvalue weighted by Crippen LogP contribution is 2.36. The number of nitrogens with two attached hydrogens (primary N) is 1. The van der Waals surface area contributed by atoms with Crippen LogP contribution in [0.5, 0.6) is 11.5 Å². The zero-order valence-corrected chi connectivity index (χ0v) is 9.87. The normalized spacial score (nSPS) is 10.1. The van der Waals surface area contributed by atoms with E-state index in [1.807, 2.05) is 0 Å². The molecule has 0 atom stereocenters. The smallest absolute Gasteiger partial charge is 0.172 e. The predicted molar refractivity (Wildman–Crippen MR) is 60.4 cm³/mol. The predicted octanol–water partition coefficient (Wildman–Crippen LogP) is 1.69. The lowest BCUT2D eigenvalue weighted by Crippen LogP contribution is -2.08. The molecule has 1 aromatic carbocycles. The van der Waals surface area contributed by atoms with E-state index in [2.05, 4.69) is 15.9 Å². The first-order valence-corrected chi connectivity index (χ1v) is 5.19. The summed E-state index contributed by atoms with van der Waals surface area (Å²) < 4.78 is 5.25. The Balaban J connectivity index is 3.11. The minimum absolute atomic E-state index is 0.0691. The van der Waals surface area contributed by atoms with Crippen LogP contribution in [0.3, 0.4) is 0 Å². The zero-order valence-electron chi connectivity index (χ0n) is 8.29. The summed E-state index contributed by atoms with van der Waals surface area (Å²) in [7, 11) is 1.45. The number of phenols is 1. The fourth-order valence-electron chi connectivity index (χ4n) is 1.19. The summed E-state index contributed by atoms with van der Waals surface area (Å²) in [6, 6.07) is 3.14. The Morgan fingerprint density at radius 2 is 2.27 bits per heavy atom. The van der Waals surface area contributed by atoms with Crippen LogP contribution in [0.2, 0.25) is 0 Å². The first kappa shape index (κ1) is 12.0. The molecule has 0 spiro atoms. The van der Waals surface area contributed by atoms with Crippen molar-refractivity contribution in [2.24, 2.45) is 5.73 Å². The van der Waals surface area contributed by atoms with E-state index in [9.17, 15) is 9.90 Å². The Hall–Kier alpha value is -1.07. The minimum atomic E-state index is -0.109. The van der Waals surface area contributed by atoms with Crippen molar-refractivity contribution < 1.29 is 14.6 Å². The summed E-state index contributed by atoms with van der Waals surface area (Å²) in [6.07, 6.45) is 0.254. The van der Waals surface area contributed by atoms with Crippen LogP contribution >= 0.6 is 15.9 Å². The molecule has 82 valence electrons. The second kappa shape index (κ2) is 5.14. The first-order valence-electron chi connectivity index (χ1n) is 4.40. The summed E-state index contributed by atoms with van der Waals surface area (Å²) in [5, 5.41) is 9.64. The highest BCUT2D eigenvalue weighted by atomic mass is 79.9. The van der Waals surface area contributed by atoms with Crippen LogP contribution in [0.25, 0.3) is 0 Å². The first-order chi connectivity index (χ1) is 7.11. The van der Waals surface area contributed by atoms with Crippen molar-refractivity contribution in [3.63, 3.8) is 0 Å². The molecule has 4 nitrogen and oxygen atoms in total. The lowest BCUT2D eigenvalue weighted by Gasteiger charge is -2.08. The number of ketones is 1. The van der Waals surface area contributed by atoms with E-state index in [1.165, 1.54) is 7.11 Å². The van der Waals surface area contributed by atoms with E-state index in [1.54, 1.807) is 12.1 Å². The monoisotopic (exact) mass is 273 g/mol. The maximum Gasteiger partial charge on any atom is 0.172 e. The number of Topliss-reactive ketones (excluding diaryl/α,β-unsaturated/α-hetero) is 1. The highest BCUT2D eigenvalue weighted by molar-refractivity contribution is 9.10. The van der Waals surface area contributed by atoms with Gasteiger partial charge in [0.05, 0.1) is 11.6 Å². The summed E-state index contributed by atoms with van der Waals surface area (Å²) >= 11 is 3.15. The topological polar surface area (TPSA) is 72.5 Å². The standard InChI is InChI=1S/C10H12BrNO3/c1-15-8-3-2-6(7(13)4-5-12)9(11)10(8)14/h2-3,14H,4-5,12H2,1H3. The summed E-state index contributed by atoms with van der Waals surface area (Å²) in [4.78, 5) is 11.6. The Labute approximate surface area is 96.2 Å². The lowest BCUT2D eigenvalue weighted by atomic mass is 10.1. The van der Waals surface area contributed by atoms with E-state index in [4.69, 9.17) is 10.5 Å². The van der Waals surface area contributed by atoms with E-state index in [0.717, 1.165) is 0 Å². The van der Waals surface area contributed by atoms with Gasteiger partial charge in [-0.2, -0.15) is 0 Å². The Morgan fingerprint density at radius 1 is 1.60 bits per heavy atom. The second-order valence-corrected chi connectivity index (χ2v) is 3.73. The van der Waals surface area contributed by atoms with E-state index in [0.29, 0.717) is 15.8 Å². The van der Waals surface area contributed by atoms with Gasteiger partial charge in [-0.15, -0.1) is 0 Å². The third-order valence-corrected chi connectivity index (χ3v) is 2.77. The molecule has 0 aliphatic carbocycles. The lowest BCUT2D eigenvalue weighted by molar-refractivity contribution is 0.0984. The summed E-state index contributed by atoms with van der Waals surface area (Å²) in [5.74, 6) is 0.147. The molecule has 0 saturated heterocycles. The molecule has 15 heavy (non-hydrogen) atoms. The average molecular weight is 274 g/mol. The van der Waals surface area contributed by atoms with Crippen LogP contribution < -0.4 is 10.5 Å². The van der Waals surface area contributed by atoms with Gasteiger partial charge in [-0.1, -0.05) is 0 Å². The number of hydrogen-bond acceptors (Lipinski definition) is 4. The molecule has 0 amide bonds. The third kappa shape index (κ3) is 2.49. The molecule has 0 unspecified atom stereocenters. The largest absolute Gasteiger partial charge is 0.503 e. The fourth-order valence-corrected chi connectivity index (χ4v) is 1.74. The van der Waals surface area contributed by atoms with Gasteiger partial charge >= 0.3 is 0 Å². The number of phenolic OH excluding ortho intramolecular Hbond substituents is 1. The molecular formula is C10H12BrNO3. The van der Waals surface area contributed by atoms with E-state index >= 15 is 0 Å². The zero-order chi connectivity index (χ0) is 11.4. The van der Waals surface area contributed by atoms with Gasteiger partial charge in [0.25, 0.3) is 0 Å². The van der Waals surface area contributed by atoms with Crippen LogP contribution in [0.1, 0.15) is 16.8 Å². The van der Waals surface area contributed by atoms with Gasteiger partial charge in [-0.05, 0) is 34.6 Å². The number of hydrogen-bond donors (Lipinski definition) is 2. The van der Waals surface area contributed by atoms with Crippen LogP contribution in [-0.4, -0.2) is 24.5 Å². The Kier molecular flexibility index (Phi) is 4.11. The maximum absolute atomic E-state index is 11.6. The molecule has 0 fully saturated rings. The Bertz CT molecular complexity index is 379. The number of methoxy groups -OCH3 is 1. The molecule has 0 saturated carbocycles. The van der Waals surface area contributed by atoms with Crippen molar-refractivity contribution in [3.05, 3.63) is 22.2 Å². The number of aromatic hydroxyl groups is 1. The number of halogens is 1. The van der Waals surface area contributed by atoms with Crippen molar-refractivity contribution in [2.75, 3.05) is 13.7 Å². The molecule has 0 aliphatic heterocycles. The number of rotatable bonds is 4. The van der Waals surface area contributed by atoms with Crippen LogP contribution in [0, 0.1) is 0 Å². The molecule has 0 radical (unpaired) electrons. The molecule has 3 N–H and O–H groups in total.